The molecule has 1 aromatic rings. The molecule has 1 saturated carbocycles. The van der Waals surface area contributed by atoms with Crippen molar-refractivity contribution in [3.05, 3.63) is 41.0 Å². The summed E-state index contributed by atoms with van der Waals surface area (Å²) in [5.74, 6) is 0.376. The number of hydrogen-bond acceptors (Lipinski definition) is 4. The molecule has 26 heavy (non-hydrogen) atoms. The van der Waals surface area contributed by atoms with E-state index in [2.05, 4.69) is 9.97 Å². The molecule has 2 aliphatic heterocycles. The summed E-state index contributed by atoms with van der Waals surface area (Å²) in [5, 5.41) is 10.3. The highest BCUT2D eigenvalue weighted by Gasteiger charge is 2.35. The molecule has 1 aromatic heterocycles. The van der Waals surface area contributed by atoms with Gasteiger partial charge in [0.1, 0.15) is 6.10 Å². The summed E-state index contributed by atoms with van der Waals surface area (Å²) in [7, 11) is 0. The number of aromatic amines is 1. The van der Waals surface area contributed by atoms with E-state index >= 15 is 0 Å². The van der Waals surface area contributed by atoms with E-state index in [0.29, 0.717) is 37.8 Å². The van der Waals surface area contributed by atoms with Gasteiger partial charge in [0, 0.05) is 38.3 Å². The molecule has 0 radical (unpaired) electrons. The number of aliphatic hydroxyl groups is 1. The Labute approximate surface area is 152 Å². The molecule has 0 saturated heterocycles. The van der Waals surface area contributed by atoms with Crippen LogP contribution < -0.4 is 0 Å². The Morgan fingerprint density at radius 2 is 1.92 bits per heavy atom. The molecule has 2 N–H and O–H groups in total. The highest BCUT2D eigenvalue weighted by Crippen LogP contribution is 2.30. The van der Waals surface area contributed by atoms with Gasteiger partial charge in [0.05, 0.1) is 12.0 Å². The number of nitrogens with zero attached hydrogens (tertiary/aromatic N) is 3. The minimum absolute atomic E-state index is 0.0539. The zero-order valence-corrected chi connectivity index (χ0v) is 14.9. The lowest BCUT2D eigenvalue weighted by Gasteiger charge is -2.24. The van der Waals surface area contributed by atoms with Crippen molar-refractivity contribution in [2.75, 3.05) is 26.2 Å². The summed E-state index contributed by atoms with van der Waals surface area (Å²) in [5.41, 5.74) is 3.85. The van der Waals surface area contributed by atoms with Crippen molar-refractivity contribution in [1.29, 1.82) is 0 Å². The number of rotatable bonds is 5. The summed E-state index contributed by atoms with van der Waals surface area (Å²) in [6.07, 6.45) is 6.78. The molecule has 2 amide bonds. The van der Waals surface area contributed by atoms with E-state index in [1.807, 2.05) is 17.9 Å². The Morgan fingerprint density at radius 1 is 1.27 bits per heavy atom. The van der Waals surface area contributed by atoms with Crippen LogP contribution in [0.15, 0.2) is 29.6 Å². The van der Waals surface area contributed by atoms with Crippen molar-refractivity contribution in [2.24, 2.45) is 5.92 Å². The quantitative estimate of drug-likeness (QED) is 0.596. The minimum Gasteiger partial charge on any atom is -0.383 e. The zero-order chi connectivity index (χ0) is 18.3. The molecule has 7 nitrogen and oxygen atoms in total. The van der Waals surface area contributed by atoms with Crippen LogP contribution in [-0.4, -0.2) is 69.0 Å². The van der Waals surface area contributed by atoms with E-state index in [1.165, 1.54) is 12.8 Å². The van der Waals surface area contributed by atoms with Gasteiger partial charge < -0.3 is 19.9 Å². The maximum absolute atomic E-state index is 12.5. The third-order valence-electron chi connectivity index (χ3n) is 5.39. The van der Waals surface area contributed by atoms with E-state index in [0.717, 1.165) is 16.8 Å². The number of aliphatic hydroxyl groups excluding tert-OH is 1. The van der Waals surface area contributed by atoms with E-state index in [4.69, 9.17) is 0 Å². The lowest BCUT2D eigenvalue weighted by atomic mass is 10.1. The second kappa shape index (κ2) is 6.72. The van der Waals surface area contributed by atoms with Crippen LogP contribution in [0.2, 0.25) is 0 Å². The Bertz CT molecular complexity index is 772. The van der Waals surface area contributed by atoms with Crippen LogP contribution >= 0.6 is 0 Å². The number of amides is 2. The average molecular weight is 356 g/mol. The lowest BCUT2D eigenvalue weighted by Crippen LogP contribution is -2.41. The normalized spacial score (nSPS) is 21.0. The first kappa shape index (κ1) is 17.0. The Kier molecular flexibility index (Phi) is 4.40. The van der Waals surface area contributed by atoms with Crippen LogP contribution in [0.5, 0.6) is 0 Å². The standard InChI is InChI=1S/C19H24N4O3/c1-12-16(21-11-20-12)6-17(24)19(26)23-9-14-7-22(8-15(14)10-23)18(25)5-4-13-2-3-13/h4-5,11,13,17,24H,2-3,6-10H2,1H3,(H,20,21)/b5-4+. The van der Waals surface area contributed by atoms with Crippen LogP contribution in [0.25, 0.3) is 0 Å². The molecular weight excluding hydrogens is 332 g/mol. The molecule has 4 rings (SSSR count). The van der Waals surface area contributed by atoms with Gasteiger partial charge in [-0.25, -0.2) is 4.98 Å². The third kappa shape index (κ3) is 3.44. The molecule has 7 heteroatoms. The molecule has 1 atom stereocenters. The van der Waals surface area contributed by atoms with Gasteiger partial charge in [0.15, 0.2) is 0 Å². The van der Waals surface area contributed by atoms with Crippen LogP contribution in [0.4, 0.5) is 0 Å². The molecule has 0 bridgehead atoms. The fourth-order valence-electron chi connectivity index (χ4n) is 3.58. The Morgan fingerprint density at radius 3 is 2.50 bits per heavy atom. The molecule has 3 aliphatic rings. The zero-order valence-electron chi connectivity index (χ0n) is 14.9. The maximum atomic E-state index is 12.5. The smallest absolute Gasteiger partial charge is 0.252 e. The van der Waals surface area contributed by atoms with Gasteiger partial charge >= 0.3 is 0 Å². The van der Waals surface area contributed by atoms with Crippen LogP contribution in [-0.2, 0) is 16.0 Å². The number of aromatic nitrogens is 2. The van der Waals surface area contributed by atoms with Crippen LogP contribution in [0.3, 0.4) is 0 Å². The van der Waals surface area contributed by atoms with Crippen molar-refractivity contribution in [3.8, 4) is 0 Å². The van der Waals surface area contributed by atoms with Crippen LogP contribution in [0, 0.1) is 12.8 Å². The Hall–Kier alpha value is -2.41. The highest BCUT2D eigenvalue weighted by molar-refractivity contribution is 5.89. The first-order chi connectivity index (χ1) is 12.5. The van der Waals surface area contributed by atoms with E-state index < -0.39 is 6.10 Å². The van der Waals surface area contributed by atoms with Crippen LogP contribution in [0.1, 0.15) is 24.2 Å². The predicted molar refractivity (Wildman–Crippen MR) is 95.1 cm³/mol. The molecule has 1 unspecified atom stereocenters. The number of carbonyl (C=O) groups is 2. The number of H-pyrrole nitrogens is 1. The largest absolute Gasteiger partial charge is 0.383 e. The average Bonchev–Trinajstić information content (AvgIpc) is 3.03. The molecule has 0 spiro atoms. The second-order valence-electron chi connectivity index (χ2n) is 7.49. The molecule has 0 aromatic carbocycles. The van der Waals surface area contributed by atoms with E-state index in [9.17, 15) is 14.7 Å². The predicted octanol–water partition coefficient (Wildman–Crippen LogP) is 0.569. The summed E-state index contributed by atoms with van der Waals surface area (Å²) < 4.78 is 0. The monoisotopic (exact) mass is 356 g/mol. The minimum atomic E-state index is -1.09. The van der Waals surface area contributed by atoms with E-state index in [-0.39, 0.29) is 18.2 Å². The summed E-state index contributed by atoms with van der Waals surface area (Å²) in [6, 6.07) is 0. The van der Waals surface area contributed by atoms with Gasteiger partial charge in [-0.2, -0.15) is 0 Å². The highest BCUT2D eigenvalue weighted by atomic mass is 16.3. The fourth-order valence-corrected chi connectivity index (χ4v) is 3.58. The summed E-state index contributed by atoms with van der Waals surface area (Å²) in [4.78, 5) is 35.4. The van der Waals surface area contributed by atoms with Gasteiger partial charge in [0.2, 0.25) is 5.91 Å². The second-order valence-corrected chi connectivity index (χ2v) is 7.49. The van der Waals surface area contributed by atoms with Crippen molar-refractivity contribution in [1.82, 2.24) is 19.8 Å². The summed E-state index contributed by atoms with van der Waals surface area (Å²) in [6.45, 7) is 4.04. The fraction of sp³-hybridized carbons (Fsp3) is 0.526. The number of hydrogen-bond donors (Lipinski definition) is 2. The van der Waals surface area contributed by atoms with Gasteiger partial charge in [-0.3, -0.25) is 9.59 Å². The number of aryl methyl sites for hydroxylation is 1. The third-order valence-corrected chi connectivity index (χ3v) is 5.39. The number of allylic oxidation sites excluding steroid dienone is 1. The molecule has 1 fully saturated rings. The SMILES string of the molecule is Cc1[nH]cnc1CC(O)C(=O)N1CC2=C(CN(C(=O)/C=C/C3CC3)C2)C1. The lowest BCUT2D eigenvalue weighted by molar-refractivity contribution is -0.138. The van der Waals surface area contributed by atoms with Crippen molar-refractivity contribution in [3.63, 3.8) is 0 Å². The van der Waals surface area contributed by atoms with Crippen molar-refractivity contribution in [2.45, 2.75) is 32.3 Å². The first-order valence-electron chi connectivity index (χ1n) is 9.14. The molecule has 3 heterocycles. The maximum Gasteiger partial charge on any atom is 0.252 e. The van der Waals surface area contributed by atoms with Gasteiger partial charge in [0.25, 0.3) is 5.91 Å². The number of nitrogens with one attached hydrogen (secondary N) is 1. The van der Waals surface area contributed by atoms with Gasteiger partial charge in [-0.15, -0.1) is 0 Å². The topological polar surface area (TPSA) is 89.5 Å². The summed E-state index contributed by atoms with van der Waals surface area (Å²) >= 11 is 0. The van der Waals surface area contributed by atoms with E-state index in [1.54, 1.807) is 17.3 Å². The Balaban J connectivity index is 1.29. The van der Waals surface area contributed by atoms with Gasteiger partial charge in [-0.1, -0.05) is 6.08 Å². The van der Waals surface area contributed by atoms with Crippen molar-refractivity contribution < 1.29 is 14.7 Å². The molecular formula is C19H24N4O3. The molecule has 138 valence electrons. The van der Waals surface area contributed by atoms with Crippen molar-refractivity contribution >= 4 is 11.8 Å². The first-order valence-corrected chi connectivity index (χ1v) is 9.14. The number of carbonyl (C=O) groups excluding carboxylic acids is 2. The van der Waals surface area contributed by atoms with Gasteiger partial charge in [-0.05, 0) is 42.9 Å². The molecule has 1 aliphatic carbocycles. The number of imidazole rings is 1.